The Hall–Kier alpha value is -2.10. The highest BCUT2D eigenvalue weighted by atomic mass is 16.5. The second kappa shape index (κ2) is 6.12. The Labute approximate surface area is 126 Å². The standard InChI is InChI=1S/C17H24N2O2/c1-10(2)20-16-8-14(18)7-15(9-16)19-12(4)17-6-11(3)21-13(17)5/h6-10,12,19H,18H2,1-5H3. The summed E-state index contributed by atoms with van der Waals surface area (Å²) in [6.45, 7) is 10.0. The van der Waals surface area contributed by atoms with E-state index in [1.807, 2.05) is 45.9 Å². The number of nitrogens with two attached hydrogens (primary N) is 1. The largest absolute Gasteiger partial charge is 0.491 e. The van der Waals surface area contributed by atoms with Gasteiger partial charge in [0.2, 0.25) is 0 Å². The van der Waals surface area contributed by atoms with Gasteiger partial charge in [0.05, 0.1) is 12.1 Å². The van der Waals surface area contributed by atoms with Crippen molar-refractivity contribution >= 4 is 11.4 Å². The van der Waals surface area contributed by atoms with E-state index in [-0.39, 0.29) is 12.1 Å². The Morgan fingerprint density at radius 2 is 1.81 bits per heavy atom. The molecule has 0 amide bonds. The van der Waals surface area contributed by atoms with Gasteiger partial charge < -0.3 is 20.2 Å². The second-order valence-electron chi connectivity index (χ2n) is 5.69. The molecule has 1 atom stereocenters. The molecule has 0 aliphatic heterocycles. The third kappa shape index (κ3) is 3.94. The predicted molar refractivity (Wildman–Crippen MR) is 86.8 cm³/mol. The topological polar surface area (TPSA) is 60.4 Å². The van der Waals surface area contributed by atoms with Gasteiger partial charge in [0.1, 0.15) is 17.3 Å². The van der Waals surface area contributed by atoms with E-state index in [4.69, 9.17) is 14.9 Å². The summed E-state index contributed by atoms with van der Waals surface area (Å²) in [7, 11) is 0. The van der Waals surface area contributed by atoms with Crippen LogP contribution in [0.15, 0.2) is 28.7 Å². The summed E-state index contributed by atoms with van der Waals surface area (Å²) in [6, 6.07) is 7.91. The minimum Gasteiger partial charge on any atom is -0.491 e. The molecule has 3 N–H and O–H groups in total. The Kier molecular flexibility index (Phi) is 4.46. The van der Waals surface area contributed by atoms with Crippen LogP contribution in [0.2, 0.25) is 0 Å². The molecule has 1 aromatic heterocycles. The molecule has 21 heavy (non-hydrogen) atoms. The van der Waals surface area contributed by atoms with E-state index >= 15 is 0 Å². The number of rotatable bonds is 5. The van der Waals surface area contributed by atoms with Crippen LogP contribution >= 0.6 is 0 Å². The fourth-order valence-electron chi connectivity index (χ4n) is 2.45. The van der Waals surface area contributed by atoms with Crippen LogP contribution in [0.1, 0.15) is 43.9 Å². The maximum absolute atomic E-state index is 5.95. The van der Waals surface area contributed by atoms with Crippen molar-refractivity contribution in [2.45, 2.75) is 46.8 Å². The number of furan rings is 1. The van der Waals surface area contributed by atoms with Crippen molar-refractivity contribution < 1.29 is 9.15 Å². The first-order valence-corrected chi connectivity index (χ1v) is 7.26. The number of anilines is 2. The lowest BCUT2D eigenvalue weighted by molar-refractivity contribution is 0.242. The van der Waals surface area contributed by atoms with E-state index in [2.05, 4.69) is 18.3 Å². The van der Waals surface area contributed by atoms with Crippen molar-refractivity contribution in [2.24, 2.45) is 0 Å². The van der Waals surface area contributed by atoms with Crippen LogP contribution in [0.3, 0.4) is 0 Å². The van der Waals surface area contributed by atoms with E-state index in [9.17, 15) is 0 Å². The van der Waals surface area contributed by atoms with Crippen molar-refractivity contribution in [3.05, 3.63) is 41.3 Å². The van der Waals surface area contributed by atoms with Crippen LogP contribution in [0.5, 0.6) is 5.75 Å². The molecule has 0 aliphatic carbocycles. The molecule has 0 radical (unpaired) electrons. The average Bonchev–Trinajstić information content (AvgIpc) is 2.66. The number of aryl methyl sites for hydroxylation is 2. The summed E-state index contributed by atoms with van der Waals surface area (Å²) in [5, 5.41) is 3.45. The molecule has 0 fully saturated rings. The molecule has 0 aliphatic rings. The molecule has 1 aromatic carbocycles. The van der Waals surface area contributed by atoms with E-state index in [0.717, 1.165) is 28.5 Å². The minimum absolute atomic E-state index is 0.121. The first-order chi connectivity index (χ1) is 9.85. The van der Waals surface area contributed by atoms with Gasteiger partial charge in [0.25, 0.3) is 0 Å². The van der Waals surface area contributed by atoms with E-state index in [0.29, 0.717) is 5.69 Å². The van der Waals surface area contributed by atoms with Crippen LogP contribution in [0, 0.1) is 13.8 Å². The van der Waals surface area contributed by atoms with Gasteiger partial charge >= 0.3 is 0 Å². The number of hydrogen-bond donors (Lipinski definition) is 2. The van der Waals surface area contributed by atoms with Gasteiger partial charge in [-0.25, -0.2) is 0 Å². The summed E-state index contributed by atoms with van der Waals surface area (Å²) in [5.41, 5.74) is 8.72. The SMILES string of the molecule is Cc1cc(C(C)Nc2cc(N)cc(OC(C)C)c2)c(C)o1. The van der Waals surface area contributed by atoms with Gasteiger partial charge in [-0.2, -0.15) is 0 Å². The lowest BCUT2D eigenvalue weighted by Gasteiger charge is -2.17. The summed E-state index contributed by atoms with van der Waals surface area (Å²) in [5.74, 6) is 2.64. The molecule has 0 saturated heterocycles. The summed E-state index contributed by atoms with van der Waals surface area (Å²) in [4.78, 5) is 0. The third-order valence-corrected chi connectivity index (χ3v) is 3.23. The number of benzene rings is 1. The van der Waals surface area contributed by atoms with Crippen LogP contribution in [0.25, 0.3) is 0 Å². The minimum atomic E-state index is 0.121. The Bertz CT molecular complexity index is 617. The molecule has 114 valence electrons. The maximum Gasteiger partial charge on any atom is 0.123 e. The average molecular weight is 288 g/mol. The molecule has 4 nitrogen and oxygen atoms in total. The van der Waals surface area contributed by atoms with E-state index < -0.39 is 0 Å². The van der Waals surface area contributed by atoms with Crippen molar-refractivity contribution in [1.82, 2.24) is 0 Å². The summed E-state index contributed by atoms with van der Waals surface area (Å²) >= 11 is 0. The van der Waals surface area contributed by atoms with E-state index in [1.165, 1.54) is 0 Å². The normalized spacial score (nSPS) is 12.5. The molecule has 1 unspecified atom stereocenters. The van der Waals surface area contributed by atoms with Gasteiger partial charge in [-0.05, 0) is 46.8 Å². The van der Waals surface area contributed by atoms with Crippen molar-refractivity contribution in [3.8, 4) is 5.75 Å². The third-order valence-electron chi connectivity index (χ3n) is 3.23. The number of hydrogen-bond acceptors (Lipinski definition) is 4. The van der Waals surface area contributed by atoms with Crippen molar-refractivity contribution in [2.75, 3.05) is 11.1 Å². The molecule has 0 bridgehead atoms. The monoisotopic (exact) mass is 288 g/mol. The molecule has 2 aromatic rings. The number of nitrogen functional groups attached to an aromatic ring is 1. The molecular weight excluding hydrogens is 264 g/mol. The molecule has 4 heteroatoms. The van der Waals surface area contributed by atoms with Gasteiger partial charge in [-0.15, -0.1) is 0 Å². The van der Waals surface area contributed by atoms with Crippen LogP contribution in [0.4, 0.5) is 11.4 Å². The van der Waals surface area contributed by atoms with E-state index in [1.54, 1.807) is 0 Å². The second-order valence-corrected chi connectivity index (χ2v) is 5.69. The molecule has 0 saturated carbocycles. The van der Waals surface area contributed by atoms with Crippen molar-refractivity contribution in [3.63, 3.8) is 0 Å². The first kappa shape index (κ1) is 15.3. The Balaban J connectivity index is 2.18. The zero-order chi connectivity index (χ0) is 15.6. The lowest BCUT2D eigenvalue weighted by atomic mass is 10.1. The Morgan fingerprint density at radius 3 is 2.38 bits per heavy atom. The lowest BCUT2D eigenvalue weighted by Crippen LogP contribution is -2.09. The summed E-state index contributed by atoms with van der Waals surface area (Å²) in [6.07, 6.45) is 0.121. The molecule has 2 rings (SSSR count). The van der Waals surface area contributed by atoms with Crippen molar-refractivity contribution in [1.29, 1.82) is 0 Å². The van der Waals surface area contributed by atoms with Crippen LogP contribution in [-0.4, -0.2) is 6.10 Å². The molecule has 0 spiro atoms. The quantitative estimate of drug-likeness (QED) is 0.798. The maximum atomic E-state index is 5.95. The highest BCUT2D eigenvalue weighted by molar-refractivity contribution is 5.60. The highest BCUT2D eigenvalue weighted by Crippen LogP contribution is 2.28. The predicted octanol–water partition coefficient (Wildman–Crippen LogP) is 4.44. The summed E-state index contributed by atoms with van der Waals surface area (Å²) < 4.78 is 11.3. The number of nitrogens with one attached hydrogen (secondary N) is 1. The molecule has 1 heterocycles. The zero-order valence-corrected chi connectivity index (χ0v) is 13.4. The Morgan fingerprint density at radius 1 is 1.10 bits per heavy atom. The van der Waals surface area contributed by atoms with Crippen LogP contribution < -0.4 is 15.8 Å². The smallest absolute Gasteiger partial charge is 0.123 e. The van der Waals surface area contributed by atoms with Gasteiger partial charge in [0.15, 0.2) is 0 Å². The highest BCUT2D eigenvalue weighted by Gasteiger charge is 2.13. The molecular formula is C17H24N2O2. The number of ether oxygens (including phenoxy) is 1. The first-order valence-electron chi connectivity index (χ1n) is 7.26. The fraction of sp³-hybridized carbons (Fsp3) is 0.412. The van der Waals surface area contributed by atoms with Crippen LogP contribution in [-0.2, 0) is 0 Å². The zero-order valence-electron chi connectivity index (χ0n) is 13.4. The van der Waals surface area contributed by atoms with Gasteiger partial charge in [0, 0.05) is 29.1 Å². The van der Waals surface area contributed by atoms with Gasteiger partial charge in [-0.3, -0.25) is 0 Å². The van der Waals surface area contributed by atoms with Gasteiger partial charge in [-0.1, -0.05) is 0 Å². The fourth-order valence-corrected chi connectivity index (χ4v) is 2.45.